The third kappa shape index (κ3) is 6.77. The van der Waals surface area contributed by atoms with Crippen LogP contribution in [0.3, 0.4) is 0 Å². The molecule has 0 saturated carbocycles. The van der Waals surface area contributed by atoms with Crippen molar-refractivity contribution < 1.29 is 0 Å². The summed E-state index contributed by atoms with van der Waals surface area (Å²) in [6.07, 6.45) is 4.51. The topological polar surface area (TPSA) is 38.0 Å². The van der Waals surface area contributed by atoms with Crippen molar-refractivity contribution in [2.75, 3.05) is 13.1 Å². The third-order valence-electron chi connectivity index (χ3n) is 3.10. The van der Waals surface area contributed by atoms with Gasteiger partial charge in [-0.1, -0.05) is 37.6 Å². The molecule has 0 atom stereocenters. The average Bonchev–Trinajstić information content (AvgIpc) is 2.30. The number of nitrogens with one attached hydrogen (secondary N) is 1. The van der Waals surface area contributed by atoms with Crippen molar-refractivity contribution in [3.8, 4) is 0 Å². The van der Waals surface area contributed by atoms with E-state index in [1.165, 1.54) is 24.0 Å². The van der Waals surface area contributed by atoms with Gasteiger partial charge in [-0.05, 0) is 57.3 Å². The largest absolute Gasteiger partial charge is 0.326 e. The van der Waals surface area contributed by atoms with Gasteiger partial charge < -0.3 is 11.1 Å². The van der Waals surface area contributed by atoms with Crippen LogP contribution in [0.2, 0.25) is 0 Å². The van der Waals surface area contributed by atoms with Crippen LogP contribution < -0.4 is 11.1 Å². The Morgan fingerprint density at radius 3 is 2.06 bits per heavy atom. The van der Waals surface area contributed by atoms with Gasteiger partial charge in [0.1, 0.15) is 0 Å². The zero-order valence-corrected chi connectivity index (χ0v) is 12.1. The molecule has 0 aromatic heterocycles. The van der Waals surface area contributed by atoms with Crippen LogP contribution in [0.25, 0.3) is 0 Å². The summed E-state index contributed by atoms with van der Waals surface area (Å²) in [5.41, 5.74) is 8.73. The maximum atomic E-state index is 5.93. The van der Waals surface area contributed by atoms with E-state index in [0.29, 0.717) is 0 Å². The first-order valence-corrected chi connectivity index (χ1v) is 7.08. The van der Waals surface area contributed by atoms with E-state index < -0.39 is 0 Å². The Hall–Kier alpha value is -0.860. The van der Waals surface area contributed by atoms with E-state index in [4.69, 9.17) is 5.73 Å². The van der Waals surface area contributed by atoms with Gasteiger partial charge in [0.25, 0.3) is 0 Å². The van der Waals surface area contributed by atoms with Crippen LogP contribution in [0.4, 0.5) is 0 Å². The molecule has 2 heteroatoms. The molecule has 1 aromatic rings. The first-order valence-electron chi connectivity index (χ1n) is 7.08. The van der Waals surface area contributed by atoms with Crippen molar-refractivity contribution in [1.29, 1.82) is 0 Å². The Balaban J connectivity index is 2.19. The second-order valence-electron chi connectivity index (χ2n) is 5.81. The van der Waals surface area contributed by atoms with Crippen LogP contribution in [0.5, 0.6) is 0 Å². The van der Waals surface area contributed by atoms with Crippen molar-refractivity contribution in [2.45, 2.75) is 52.0 Å². The van der Waals surface area contributed by atoms with E-state index >= 15 is 0 Å². The summed E-state index contributed by atoms with van der Waals surface area (Å²) in [6, 6.07) is 9.00. The molecule has 0 aliphatic heterocycles. The summed E-state index contributed by atoms with van der Waals surface area (Å²) in [7, 11) is 0. The molecular formula is C16H28N2. The zero-order chi connectivity index (χ0) is 13.4. The van der Waals surface area contributed by atoms with E-state index in [0.717, 1.165) is 25.9 Å². The van der Waals surface area contributed by atoms with E-state index in [2.05, 4.69) is 50.4 Å². The highest BCUT2D eigenvalue weighted by molar-refractivity contribution is 5.22. The molecule has 1 aromatic carbocycles. The van der Waals surface area contributed by atoms with Gasteiger partial charge >= 0.3 is 0 Å². The lowest BCUT2D eigenvalue weighted by atomic mass is 10.0. The lowest BCUT2D eigenvalue weighted by Gasteiger charge is -2.18. The van der Waals surface area contributed by atoms with Gasteiger partial charge in [0.2, 0.25) is 0 Å². The van der Waals surface area contributed by atoms with Gasteiger partial charge in [0.05, 0.1) is 0 Å². The summed E-state index contributed by atoms with van der Waals surface area (Å²) < 4.78 is 0. The van der Waals surface area contributed by atoms with Crippen LogP contribution in [0, 0.1) is 0 Å². The number of aryl methyl sites for hydroxylation is 1. The molecule has 0 radical (unpaired) electrons. The minimum Gasteiger partial charge on any atom is -0.326 e. The summed E-state index contributed by atoms with van der Waals surface area (Å²) in [5.74, 6) is 0. The Morgan fingerprint density at radius 2 is 1.56 bits per heavy atom. The summed E-state index contributed by atoms with van der Waals surface area (Å²) in [6.45, 7) is 8.39. The molecule has 0 heterocycles. The molecule has 102 valence electrons. The molecule has 18 heavy (non-hydrogen) atoms. The SMILES string of the molecule is CCCc1ccc(CCNCCC(C)(C)N)cc1. The Kier molecular flexibility index (Phi) is 6.37. The van der Waals surface area contributed by atoms with Crippen molar-refractivity contribution in [3.05, 3.63) is 35.4 Å². The second kappa shape index (κ2) is 7.55. The van der Waals surface area contributed by atoms with Crippen molar-refractivity contribution in [1.82, 2.24) is 5.32 Å². The van der Waals surface area contributed by atoms with Gasteiger partial charge in [-0.3, -0.25) is 0 Å². The molecule has 0 unspecified atom stereocenters. The Morgan fingerprint density at radius 1 is 1.00 bits per heavy atom. The Labute approximate surface area is 112 Å². The van der Waals surface area contributed by atoms with E-state index in [1.54, 1.807) is 0 Å². The Bertz CT molecular complexity index is 322. The van der Waals surface area contributed by atoms with Crippen LogP contribution in [-0.2, 0) is 12.8 Å². The van der Waals surface area contributed by atoms with Crippen LogP contribution in [-0.4, -0.2) is 18.6 Å². The highest BCUT2D eigenvalue weighted by Crippen LogP contribution is 2.07. The zero-order valence-electron chi connectivity index (χ0n) is 12.1. The van der Waals surface area contributed by atoms with Gasteiger partial charge in [-0.25, -0.2) is 0 Å². The maximum Gasteiger partial charge on any atom is 0.0109 e. The summed E-state index contributed by atoms with van der Waals surface area (Å²) in [5, 5.41) is 3.45. The summed E-state index contributed by atoms with van der Waals surface area (Å²) >= 11 is 0. The molecular weight excluding hydrogens is 220 g/mol. The van der Waals surface area contributed by atoms with Gasteiger partial charge in [0, 0.05) is 5.54 Å². The highest BCUT2D eigenvalue weighted by Gasteiger charge is 2.08. The molecule has 0 aliphatic rings. The third-order valence-corrected chi connectivity index (χ3v) is 3.10. The molecule has 3 N–H and O–H groups in total. The predicted molar refractivity (Wildman–Crippen MR) is 79.9 cm³/mol. The number of nitrogens with two attached hydrogens (primary N) is 1. The van der Waals surface area contributed by atoms with Crippen LogP contribution >= 0.6 is 0 Å². The van der Waals surface area contributed by atoms with Crippen molar-refractivity contribution in [2.24, 2.45) is 5.73 Å². The molecule has 0 bridgehead atoms. The predicted octanol–water partition coefficient (Wildman–Crippen LogP) is 2.90. The van der Waals surface area contributed by atoms with E-state index in [1.807, 2.05) is 0 Å². The quantitative estimate of drug-likeness (QED) is 0.694. The number of rotatable bonds is 8. The fourth-order valence-electron chi connectivity index (χ4n) is 1.93. The number of benzene rings is 1. The molecule has 0 spiro atoms. The summed E-state index contributed by atoms with van der Waals surface area (Å²) in [4.78, 5) is 0. The number of hydrogen-bond acceptors (Lipinski definition) is 2. The molecule has 0 amide bonds. The van der Waals surface area contributed by atoms with Gasteiger partial charge in [-0.15, -0.1) is 0 Å². The lowest BCUT2D eigenvalue weighted by molar-refractivity contribution is 0.456. The molecule has 0 aliphatic carbocycles. The minimum atomic E-state index is -0.0607. The molecule has 0 saturated heterocycles. The average molecular weight is 248 g/mol. The van der Waals surface area contributed by atoms with E-state index in [9.17, 15) is 0 Å². The lowest BCUT2D eigenvalue weighted by Crippen LogP contribution is -2.36. The first-order chi connectivity index (χ1) is 8.51. The standard InChI is InChI=1S/C16H28N2/c1-4-5-14-6-8-15(9-7-14)10-12-18-13-11-16(2,3)17/h6-9,18H,4-5,10-13,17H2,1-3H3. The molecule has 0 fully saturated rings. The van der Waals surface area contributed by atoms with E-state index in [-0.39, 0.29) is 5.54 Å². The van der Waals surface area contributed by atoms with Crippen LogP contribution in [0.1, 0.15) is 44.7 Å². The van der Waals surface area contributed by atoms with Crippen LogP contribution in [0.15, 0.2) is 24.3 Å². The maximum absolute atomic E-state index is 5.93. The smallest absolute Gasteiger partial charge is 0.0109 e. The van der Waals surface area contributed by atoms with Crippen molar-refractivity contribution >= 4 is 0 Å². The molecule has 1 rings (SSSR count). The fraction of sp³-hybridized carbons (Fsp3) is 0.625. The van der Waals surface area contributed by atoms with Crippen molar-refractivity contribution in [3.63, 3.8) is 0 Å². The second-order valence-corrected chi connectivity index (χ2v) is 5.81. The number of hydrogen-bond donors (Lipinski definition) is 2. The monoisotopic (exact) mass is 248 g/mol. The molecule has 2 nitrogen and oxygen atoms in total. The van der Waals surface area contributed by atoms with Gasteiger partial charge in [0.15, 0.2) is 0 Å². The minimum absolute atomic E-state index is 0.0607. The normalized spacial score (nSPS) is 11.8. The first kappa shape index (κ1) is 15.2. The van der Waals surface area contributed by atoms with Gasteiger partial charge in [-0.2, -0.15) is 0 Å². The fourth-order valence-corrected chi connectivity index (χ4v) is 1.93. The highest BCUT2D eigenvalue weighted by atomic mass is 14.9.